The van der Waals surface area contributed by atoms with Gasteiger partial charge < -0.3 is 15.4 Å². The number of carbonyl (C=O) groups is 2. The van der Waals surface area contributed by atoms with Gasteiger partial charge in [0.2, 0.25) is 11.8 Å². The second kappa shape index (κ2) is 7.88. The zero-order valence-electron chi connectivity index (χ0n) is 12.8. The lowest BCUT2D eigenvalue weighted by atomic mass is 10.0. The van der Waals surface area contributed by atoms with Gasteiger partial charge in [0.15, 0.2) is 0 Å². The third-order valence-electron chi connectivity index (χ3n) is 3.15. The van der Waals surface area contributed by atoms with E-state index >= 15 is 0 Å². The fourth-order valence-corrected chi connectivity index (χ4v) is 2.19. The van der Waals surface area contributed by atoms with Crippen LogP contribution in [-0.2, 0) is 16.0 Å². The van der Waals surface area contributed by atoms with Gasteiger partial charge in [0, 0.05) is 30.6 Å². The molecule has 0 saturated heterocycles. The Labute approximate surface area is 130 Å². The number of hydrogen-bond acceptors (Lipinski definition) is 3. The summed E-state index contributed by atoms with van der Waals surface area (Å²) in [5.41, 5.74) is 2.55. The predicted octanol–water partition coefficient (Wildman–Crippen LogP) is 1.76. The first-order valence-electron chi connectivity index (χ1n) is 6.70. The van der Waals surface area contributed by atoms with Crippen LogP contribution in [0.25, 0.3) is 0 Å². The van der Waals surface area contributed by atoms with Crippen molar-refractivity contribution in [2.45, 2.75) is 27.2 Å². The summed E-state index contributed by atoms with van der Waals surface area (Å²) in [6.07, 6.45) is 0.190. The first-order valence-corrected chi connectivity index (χ1v) is 7.08. The maximum atomic E-state index is 12.0. The largest absolute Gasteiger partial charge is 0.496 e. The predicted molar refractivity (Wildman–Crippen MR) is 82.9 cm³/mol. The molecular weight excluding hydrogens is 292 g/mol. The van der Waals surface area contributed by atoms with Crippen LogP contribution in [0, 0.1) is 13.8 Å². The molecule has 0 fully saturated rings. The van der Waals surface area contributed by atoms with Crippen LogP contribution >= 0.6 is 11.6 Å². The molecule has 1 aromatic carbocycles. The van der Waals surface area contributed by atoms with Gasteiger partial charge in [-0.15, -0.1) is 0 Å². The lowest BCUT2D eigenvalue weighted by Crippen LogP contribution is -2.34. The molecule has 1 rings (SSSR count). The van der Waals surface area contributed by atoms with E-state index in [1.165, 1.54) is 6.92 Å². The summed E-state index contributed by atoms with van der Waals surface area (Å²) in [6, 6.07) is 1.83. The third kappa shape index (κ3) is 4.93. The molecule has 0 saturated carbocycles. The number of hydrogen-bond donors (Lipinski definition) is 2. The topological polar surface area (TPSA) is 67.4 Å². The first-order chi connectivity index (χ1) is 9.86. The van der Waals surface area contributed by atoms with Gasteiger partial charge in [-0.2, -0.15) is 0 Å². The monoisotopic (exact) mass is 312 g/mol. The van der Waals surface area contributed by atoms with Crippen molar-refractivity contribution < 1.29 is 14.3 Å². The number of rotatable bonds is 6. The molecule has 2 N–H and O–H groups in total. The summed E-state index contributed by atoms with van der Waals surface area (Å²) in [7, 11) is 1.57. The quantitative estimate of drug-likeness (QED) is 0.787. The Morgan fingerprint density at radius 2 is 1.86 bits per heavy atom. The van der Waals surface area contributed by atoms with Crippen molar-refractivity contribution in [3.05, 3.63) is 27.8 Å². The zero-order chi connectivity index (χ0) is 16.0. The van der Waals surface area contributed by atoms with Crippen molar-refractivity contribution in [3.8, 4) is 5.75 Å². The Hall–Kier alpha value is -1.75. The molecule has 0 aliphatic carbocycles. The molecule has 0 radical (unpaired) electrons. The molecule has 0 heterocycles. The fraction of sp³-hybridized carbons (Fsp3) is 0.467. The minimum Gasteiger partial charge on any atom is -0.496 e. The van der Waals surface area contributed by atoms with Crippen LogP contribution in [0.3, 0.4) is 0 Å². The molecule has 6 heteroatoms. The second-order valence-electron chi connectivity index (χ2n) is 4.82. The average molecular weight is 313 g/mol. The molecule has 0 atom stereocenters. The maximum Gasteiger partial charge on any atom is 0.224 e. The van der Waals surface area contributed by atoms with E-state index in [1.54, 1.807) is 7.11 Å². The van der Waals surface area contributed by atoms with E-state index in [9.17, 15) is 9.59 Å². The normalized spacial score (nSPS) is 10.1. The van der Waals surface area contributed by atoms with Gasteiger partial charge in [-0.25, -0.2) is 0 Å². The number of carbonyl (C=O) groups excluding carboxylic acids is 2. The number of methoxy groups -OCH3 is 1. The van der Waals surface area contributed by atoms with Crippen molar-refractivity contribution in [2.75, 3.05) is 20.2 Å². The zero-order valence-corrected chi connectivity index (χ0v) is 13.6. The molecule has 0 unspecified atom stereocenters. The third-order valence-corrected chi connectivity index (χ3v) is 3.73. The van der Waals surface area contributed by atoms with Gasteiger partial charge in [0.25, 0.3) is 0 Å². The number of amides is 2. The molecule has 0 aliphatic rings. The number of aryl methyl sites for hydroxylation is 1. The van der Waals surface area contributed by atoms with E-state index in [0.29, 0.717) is 23.9 Å². The van der Waals surface area contributed by atoms with Crippen LogP contribution in [0.15, 0.2) is 6.07 Å². The molecule has 116 valence electrons. The molecule has 21 heavy (non-hydrogen) atoms. The molecule has 0 aliphatic heterocycles. The fourth-order valence-electron chi connectivity index (χ4n) is 2.03. The summed E-state index contributed by atoms with van der Waals surface area (Å²) < 4.78 is 5.32. The molecular formula is C15H21ClN2O3. The van der Waals surface area contributed by atoms with Crippen LogP contribution in [0.1, 0.15) is 23.6 Å². The summed E-state index contributed by atoms with van der Waals surface area (Å²) in [4.78, 5) is 22.7. The van der Waals surface area contributed by atoms with E-state index in [4.69, 9.17) is 16.3 Å². The van der Waals surface area contributed by atoms with Gasteiger partial charge in [-0.1, -0.05) is 11.6 Å². The van der Waals surface area contributed by atoms with Gasteiger partial charge in [-0.05, 0) is 31.0 Å². The van der Waals surface area contributed by atoms with Crippen LogP contribution in [0.5, 0.6) is 5.75 Å². The molecule has 0 aromatic heterocycles. The Bertz CT molecular complexity index is 544. The highest BCUT2D eigenvalue weighted by Crippen LogP contribution is 2.31. The Kier molecular flexibility index (Phi) is 6.49. The number of nitrogens with one attached hydrogen (secondary N) is 2. The van der Waals surface area contributed by atoms with Crippen molar-refractivity contribution in [2.24, 2.45) is 0 Å². The summed E-state index contributed by atoms with van der Waals surface area (Å²) in [5.74, 6) is 0.403. The number of halogens is 1. The highest BCUT2D eigenvalue weighted by atomic mass is 35.5. The molecule has 5 nitrogen and oxygen atoms in total. The molecule has 2 amide bonds. The minimum absolute atomic E-state index is 0.118. The molecule has 0 bridgehead atoms. The second-order valence-corrected chi connectivity index (χ2v) is 5.20. The average Bonchev–Trinajstić information content (AvgIpc) is 2.43. The standard InChI is InChI=1S/C15H21ClN2O3/c1-9-7-13(21-4)12(10(2)15(9)16)8-14(20)18-6-5-17-11(3)19/h7H,5-6,8H2,1-4H3,(H,17,19)(H,18,20). The Morgan fingerprint density at radius 3 is 2.43 bits per heavy atom. The van der Waals surface area contributed by atoms with Crippen molar-refractivity contribution in [1.29, 1.82) is 0 Å². The number of benzene rings is 1. The maximum absolute atomic E-state index is 12.0. The first kappa shape index (κ1) is 17.3. The van der Waals surface area contributed by atoms with Crippen LogP contribution in [-0.4, -0.2) is 32.0 Å². The van der Waals surface area contributed by atoms with E-state index in [2.05, 4.69) is 10.6 Å². The van der Waals surface area contributed by atoms with Gasteiger partial charge in [0.1, 0.15) is 5.75 Å². The van der Waals surface area contributed by atoms with Gasteiger partial charge in [0.05, 0.1) is 13.5 Å². The summed E-state index contributed by atoms with van der Waals surface area (Å²) in [6.45, 7) is 6.00. The lowest BCUT2D eigenvalue weighted by molar-refractivity contribution is -0.121. The van der Waals surface area contributed by atoms with E-state index in [0.717, 1.165) is 16.7 Å². The summed E-state index contributed by atoms with van der Waals surface area (Å²) >= 11 is 6.22. The van der Waals surface area contributed by atoms with Crippen molar-refractivity contribution in [3.63, 3.8) is 0 Å². The van der Waals surface area contributed by atoms with Crippen LogP contribution in [0.2, 0.25) is 5.02 Å². The van der Waals surface area contributed by atoms with Crippen LogP contribution < -0.4 is 15.4 Å². The molecule has 1 aromatic rings. The van der Waals surface area contributed by atoms with Gasteiger partial charge >= 0.3 is 0 Å². The minimum atomic E-state index is -0.137. The highest BCUT2D eigenvalue weighted by molar-refractivity contribution is 6.32. The van der Waals surface area contributed by atoms with E-state index in [-0.39, 0.29) is 18.2 Å². The van der Waals surface area contributed by atoms with Gasteiger partial charge in [-0.3, -0.25) is 9.59 Å². The Morgan fingerprint density at radius 1 is 1.24 bits per heavy atom. The molecule has 0 spiro atoms. The van der Waals surface area contributed by atoms with E-state index < -0.39 is 0 Å². The summed E-state index contributed by atoms with van der Waals surface area (Å²) in [5, 5.41) is 6.01. The SMILES string of the molecule is COc1cc(C)c(Cl)c(C)c1CC(=O)NCCNC(C)=O. The number of ether oxygens (including phenoxy) is 1. The van der Waals surface area contributed by atoms with Crippen molar-refractivity contribution >= 4 is 23.4 Å². The van der Waals surface area contributed by atoms with Crippen LogP contribution in [0.4, 0.5) is 0 Å². The van der Waals surface area contributed by atoms with E-state index in [1.807, 2.05) is 19.9 Å². The smallest absolute Gasteiger partial charge is 0.224 e. The Balaban J connectivity index is 2.71. The highest BCUT2D eigenvalue weighted by Gasteiger charge is 2.15. The van der Waals surface area contributed by atoms with Crippen molar-refractivity contribution in [1.82, 2.24) is 10.6 Å². The lowest BCUT2D eigenvalue weighted by Gasteiger charge is -2.15.